The van der Waals surface area contributed by atoms with Crippen molar-refractivity contribution in [1.29, 1.82) is 0 Å². The maximum absolute atomic E-state index is 11.4. The molecule has 0 spiro atoms. The number of pyridine rings is 1. The van der Waals surface area contributed by atoms with Gasteiger partial charge in [0.25, 0.3) is 0 Å². The Morgan fingerprint density at radius 3 is 1.88 bits per heavy atom. The summed E-state index contributed by atoms with van der Waals surface area (Å²) in [7, 11) is 1.41. The molecule has 0 atom stereocenters. The summed E-state index contributed by atoms with van der Waals surface area (Å²) in [6.07, 6.45) is 0. The Labute approximate surface area is 374 Å². The van der Waals surface area contributed by atoms with Gasteiger partial charge in [0.05, 0.1) is 67.2 Å². The maximum Gasteiger partial charge on any atom is 1.00 e. The van der Waals surface area contributed by atoms with Crippen LogP contribution in [-0.4, -0.2) is 72.7 Å². The normalized spacial score (nSPS) is 9.63. The van der Waals surface area contributed by atoms with Crippen molar-refractivity contribution in [2.75, 3.05) is 43.1 Å². The van der Waals surface area contributed by atoms with Crippen molar-refractivity contribution < 1.29 is 209 Å². The molecule has 0 aliphatic heterocycles. The van der Waals surface area contributed by atoms with Gasteiger partial charge in [0.2, 0.25) is 0 Å². The van der Waals surface area contributed by atoms with Crippen LogP contribution in [0.15, 0.2) is 42.5 Å². The van der Waals surface area contributed by atoms with Crippen molar-refractivity contribution in [1.82, 2.24) is 4.98 Å². The summed E-state index contributed by atoms with van der Waals surface area (Å²) in [4.78, 5) is 51.8. The number of aromatic nitrogens is 1. The van der Waals surface area contributed by atoms with Crippen LogP contribution in [0.25, 0.3) is 10.9 Å². The zero-order valence-electron chi connectivity index (χ0n) is 24.5. The van der Waals surface area contributed by atoms with Gasteiger partial charge in [-0.3, -0.25) is 4.79 Å². The van der Waals surface area contributed by atoms with Gasteiger partial charge < -0.3 is 59.6 Å². The van der Waals surface area contributed by atoms with Crippen LogP contribution in [-0.2, 0) is 25.8 Å². The topological polar surface area (TPSA) is 227 Å². The van der Waals surface area contributed by atoms with Gasteiger partial charge in [0.15, 0.2) is 0 Å². The third kappa shape index (κ3) is 14.0. The van der Waals surface area contributed by atoms with Crippen LogP contribution >= 0.6 is 0 Å². The van der Waals surface area contributed by atoms with E-state index >= 15 is 0 Å². The number of benzene rings is 2. The number of rotatable bonds is 14. The molecule has 0 amide bonds. The first-order valence-corrected chi connectivity index (χ1v) is 11.5. The predicted octanol–water partition coefficient (Wildman–Crippen LogP) is -11.7. The van der Waals surface area contributed by atoms with Crippen LogP contribution in [0.4, 0.5) is 11.4 Å². The van der Waals surface area contributed by atoms with E-state index in [2.05, 4.69) is 4.98 Å². The minimum atomic E-state index is -1.50. The van der Waals surface area contributed by atoms with Gasteiger partial charge >= 0.3 is 160 Å². The van der Waals surface area contributed by atoms with Crippen LogP contribution in [0.2, 0.25) is 0 Å². The number of carbonyl (C=O) groups is 4. The second kappa shape index (κ2) is 21.6. The van der Waals surface area contributed by atoms with Crippen molar-refractivity contribution in [2.45, 2.75) is 13.5 Å². The monoisotopic (exact) mass is 673 g/mol. The molecule has 3 aromatic rings. The van der Waals surface area contributed by atoms with E-state index in [-0.39, 0.29) is 189 Å². The molecule has 1 aromatic heterocycles. The number of carboxylic acid groups (broad SMARTS) is 4. The van der Waals surface area contributed by atoms with Crippen molar-refractivity contribution in [2.24, 2.45) is 0 Å². The number of ether oxygens (including phenoxy) is 2. The number of hydrogen-bond acceptors (Lipinski definition) is 12. The van der Waals surface area contributed by atoms with Gasteiger partial charge in [-0.15, -0.1) is 0 Å². The molecule has 17 heteroatoms. The Morgan fingerprint density at radius 2 is 1.37 bits per heavy atom. The summed E-state index contributed by atoms with van der Waals surface area (Å²) < 4.78 is 11.2. The molecule has 0 bridgehead atoms. The minimum absolute atomic E-state index is 0. The van der Waals surface area contributed by atoms with Crippen molar-refractivity contribution in [3.8, 4) is 11.5 Å². The van der Waals surface area contributed by atoms with E-state index in [1.807, 2.05) is 0 Å². The molecule has 0 saturated heterocycles. The first-order valence-electron chi connectivity index (χ1n) is 11.5. The van der Waals surface area contributed by atoms with Crippen LogP contribution in [0, 0.1) is 6.92 Å². The number of aliphatic carboxylic acids is 4. The summed E-state index contributed by atoms with van der Waals surface area (Å²) in [5, 5.41) is 43.6. The predicted molar refractivity (Wildman–Crippen MR) is 135 cm³/mol. The first kappa shape index (κ1) is 44.9. The van der Waals surface area contributed by atoms with Crippen LogP contribution in [0.3, 0.4) is 0 Å². The second-order valence-corrected chi connectivity index (χ2v) is 8.50. The van der Waals surface area contributed by atoms with Crippen LogP contribution in [0.5, 0.6) is 11.5 Å². The molecule has 14 nitrogen and oxygen atoms in total. The maximum atomic E-state index is 11.4. The molecule has 214 valence electrons. The van der Waals surface area contributed by atoms with Crippen LogP contribution < -0.4 is 189 Å². The van der Waals surface area contributed by atoms with E-state index < -0.39 is 50.1 Å². The van der Waals surface area contributed by atoms with E-state index in [0.717, 1.165) is 9.80 Å². The third-order valence-electron chi connectivity index (χ3n) is 5.50. The number of carboxylic acids is 4. The molecule has 0 aliphatic rings. The molecular formula is C26H26K3N3O11. The zero-order chi connectivity index (χ0) is 28.7. The summed E-state index contributed by atoms with van der Waals surface area (Å²) in [5.74, 6) is -5.23. The van der Waals surface area contributed by atoms with Gasteiger partial charge in [-0.1, -0.05) is 12.1 Å². The SMILES string of the molecule is COc1cc(N(CC(=O)[O-])CC(=O)O)c2nc(COc3ccc(C)cc3N(CC(=O)[O-])CC(=O)[O-])ccc2c1.O.[K+].[K+].[K+]. The fourth-order valence-corrected chi connectivity index (χ4v) is 3.90. The Hall–Kier alpha value is -0.201. The van der Waals surface area contributed by atoms with Crippen LogP contribution in [0.1, 0.15) is 11.3 Å². The molecule has 2 aromatic carbocycles. The first-order chi connectivity index (χ1) is 18.5. The average Bonchev–Trinajstić information content (AvgIpc) is 2.85. The largest absolute Gasteiger partial charge is 1.00 e. The summed E-state index contributed by atoms with van der Waals surface area (Å²) in [5.41, 5.74) is 1.72. The van der Waals surface area contributed by atoms with E-state index in [1.165, 1.54) is 13.2 Å². The molecule has 0 fully saturated rings. The molecule has 0 saturated carbocycles. The summed E-state index contributed by atoms with van der Waals surface area (Å²) in [6.45, 7) is -1.20. The number of fused-ring (bicyclic) bond motifs is 1. The van der Waals surface area contributed by atoms with Crippen molar-refractivity contribution in [3.05, 3.63) is 53.7 Å². The molecule has 1 heterocycles. The van der Waals surface area contributed by atoms with Gasteiger partial charge in [0, 0.05) is 11.5 Å². The molecule has 3 N–H and O–H groups in total. The minimum Gasteiger partial charge on any atom is -0.548 e. The number of nitrogens with zero attached hydrogens (tertiary/aromatic N) is 3. The number of carbonyl (C=O) groups excluding carboxylic acids is 3. The smallest absolute Gasteiger partial charge is 0.548 e. The second-order valence-electron chi connectivity index (χ2n) is 8.50. The van der Waals surface area contributed by atoms with E-state index in [9.17, 15) is 39.6 Å². The number of anilines is 2. The molecule has 3 rings (SSSR count). The fraction of sp³-hybridized carbons (Fsp3) is 0.269. The van der Waals surface area contributed by atoms with Gasteiger partial charge in [0.1, 0.15) is 24.7 Å². The van der Waals surface area contributed by atoms with E-state index in [1.54, 1.807) is 43.3 Å². The van der Waals surface area contributed by atoms with Gasteiger partial charge in [-0.2, -0.15) is 0 Å². The standard InChI is InChI=1S/C26H27N3O10.3K.H2O/c1-15-3-6-21(19(7-15)28(10-22(30)31)11-23(32)33)39-14-17-5-4-16-8-18(38-2)9-20(26(16)27-17)29(12-24(34)35)13-25(36)37;;;;/h3-9H,10-14H2,1-2H3,(H,30,31)(H,32,33)(H,34,35)(H,36,37);;;;1H2/q;3*+1;/p-3. The molecule has 0 aliphatic carbocycles. The fourth-order valence-electron chi connectivity index (χ4n) is 3.90. The summed E-state index contributed by atoms with van der Waals surface area (Å²) in [6, 6.07) is 11.2. The zero-order valence-corrected chi connectivity index (χ0v) is 33.9. The quantitative estimate of drug-likeness (QED) is 0.157. The van der Waals surface area contributed by atoms with E-state index in [4.69, 9.17) is 9.47 Å². The molecular weight excluding hydrogens is 648 g/mol. The van der Waals surface area contributed by atoms with Gasteiger partial charge in [-0.25, -0.2) is 4.98 Å². The number of hydrogen-bond donors (Lipinski definition) is 1. The summed E-state index contributed by atoms with van der Waals surface area (Å²) >= 11 is 0. The Morgan fingerprint density at radius 1 is 0.814 bits per heavy atom. The van der Waals surface area contributed by atoms with Gasteiger partial charge in [-0.05, 0) is 36.8 Å². The average molecular weight is 674 g/mol. The third-order valence-corrected chi connectivity index (χ3v) is 5.50. The molecule has 43 heavy (non-hydrogen) atoms. The van der Waals surface area contributed by atoms with Crippen molar-refractivity contribution in [3.63, 3.8) is 0 Å². The Kier molecular flexibility index (Phi) is 22.5. The molecule has 0 unspecified atom stereocenters. The Bertz CT molecular complexity index is 1390. The molecule has 0 radical (unpaired) electrons. The number of aryl methyl sites for hydroxylation is 1. The number of methoxy groups -OCH3 is 1. The van der Waals surface area contributed by atoms with Crippen molar-refractivity contribution >= 4 is 46.2 Å². The van der Waals surface area contributed by atoms with E-state index in [0.29, 0.717) is 22.4 Å². The Balaban J connectivity index is 0.